The number of hydrogen-bond acceptors (Lipinski definition) is 4. The summed E-state index contributed by atoms with van der Waals surface area (Å²) in [7, 11) is 0. The third-order valence-corrected chi connectivity index (χ3v) is 3.27. The van der Waals surface area contributed by atoms with E-state index in [1.807, 2.05) is 0 Å². The first-order chi connectivity index (χ1) is 11.5. The molecule has 8 heteroatoms. The molecule has 120 valence electrons. The molecule has 0 bridgehead atoms. The lowest BCUT2D eigenvalue weighted by molar-refractivity contribution is 0.0994. The monoisotopic (exact) mass is 325 g/mol. The van der Waals surface area contributed by atoms with E-state index in [9.17, 15) is 14.0 Å². The van der Waals surface area contributed by atoms with Gasteiger partial charge < -0.3 is 16.0 Å². The van der Waals surface area contributed by atoms with E-state index in [0.717, 1.165) is 6.07 Å². The maximum Gasteiger partial charge on any atom is 0.267 e. The molecule has 0 aliphatic rings. The number of nitrogens with one attached hydrogen (secondary N) is 2. The molecule has 2 amide bonds. The largest absolute Gasteiger partial charge is 0.364 e. The summed E-state index contributed by atoms with van der Waals surface area (Å²) in [5.74, 6) is -1.43. The van der Waals surface area contributed by atoms with Gasteiger partial charge in [0.2, 0.25) is 0 Å². The van der Waals surface area contributed by atoms with Crippen molar-refractivity contribution < 1.29 is 14.0 Å². The molecule has 0 unspecified atom stereocenters. The second-order valence-electron chi connectivity index (χ2n) is 4.88. The normalized spacial score (nSPS) is 10.4. The van der Waals surface area contributed by atoms with Crippen LogP contribution in [0.15, 0.2) is 48.9 Å². The molecular weight excluding hydrogens is 313 g/mol. The SMILES string of the molecule is NC(=O)c1[nH]cnc1-c1ccc(C(=O)Nc2cc(F)ccn2)cc1. The Bertz CT molecular complexity index is 905. The van der Waals surface area contributed by atoms with Gasteiger partial charge in [-0.25, -0.2) is 14.4 Å². The molecule has 24 heavy (non-hydrogen) atoms. The number of carbonyl (C=O) groups excluding carboxylic acids is 2. The lowest BCUT2D eigenvalue weighted by Gasteiger charge is -2.05. The summed E-state index contributed by atoms with van der Waals surface area (Å²) >= 11 is 0. The summed E-state index contributed by atoms with van der Waals surface area (Å²) in [5, 5.41) is 2.50. The van der Waals surface area contributed by atoms with Crippen LogP contribution in [-0.4, -0.2) is 26.8 Å². The van der Waals surface area contributed by atoms with Gasteiger partial charge in [-0.1, -0.05) is 12.1 Å². The van der Waals surface area contributed by atoms with Gasteiger partial charge in [0.1, 0.15) is 23.0 Å². The maximum atomic E-state index is 13.1. The first-order valence-corrected chi connectivity index (χ1v) is 6.91. The fourth-order valence-electron chi connectivity index (χ4n) is 2.14. The van der Waals surface area contributed by atoms with Crippen LogP contribution in [0.2, 0.25) is 0 Å². The molecular formula is C16H12FN5O2. The van der Waals surface area contributed by atoms with Crippen LogP contribution in [0.25, 0.3) is 11.3 Å². The Morgan fingerprint density at radius 2 is 1.88 bits per heavy atom. The topological polar surface area (TPSA) is 114 Å². The number of H-pyrrole nitrogens is 1. The van der Waals surface area contributed by atoms with Crippen molar-refractivity contribution in [2.45, 2.75) is 0 Å². The third kappa shape index (κ3) is 3.12. The average Bonchev–Trinajstić information content (AvgIpc) is 3.05. The van der Waals surface area contributed by atoms with E-state index in [1.54, 1.807) is 24.3 Å². The smallest absolute Gasteiger partial charge is 0.267 e. The standard InChI is InChI=1S/C16H12FN5O2/c17-11-5-6-19-12(7-11)22-16(24)10-3-1-9(2-4-10)13-14(15(18)23)21-8-20-13/h1-8H,(H2,18,23)(H,20,21)(H,19,22,24). The Kier molecular flexibility index (Phi) is 4.02. The number of imidazole rings is 1. The Morgan fingerprint density at radius 3 is 2.54 bits per heavy atom. The van der Waals surface area contributed by atoms with Gasteiger partial charge in [0.25, 0.3) is 11.8 Å². The summed E-state index contributed by atoms with van der Waals surface area (Å²) < 4.78 is 13.1. The van der Waals surface area contributed by atoms with E-state index >= 15 is 0 Å². The molecule has 0 saturated heterocycles. The number of rotatable bonds is 4. The van der Waals surface area contributed by atoms with Crippen molar-refractivity contribution in [2.75, 3.05) is 5.32 Å². The number of amides is 2. The fraction of sp³-hybridized carbons (Fsp3) is 0. The second-order valence-corrected chi connectivity index (χ2v) is 4.88. The van der Waals surface area contributed by atoms with Crippen molar-refractivity contribution in [1.82, 2.24) is 15.0 Å². The van der Waals surface area contributed by atoms with Crippen LogP contribution in [0.4, 0.5) is 10.2 Å². The third-order valence-electron chi connectivity index (χ3n) is 3.27. The highest BCUT2D eigenvalue weighted by Crippen LogP contribution is 2.21. The van der Waals surface area contributed by atoms with Crippen LogP contribution < -0.4 is 11.1 Å². The number of halogens is 1. The van der Waals surface area contributed by atoms with Crippen molar-refractivity contribution >= 4 is 17.6 Å². The van der Waals surface area contributed by atoms with Gasteiger partial charge in [-0.15, -0.1) is 0 Å². The summed E-state index contributed by atoms with van der Waals surface area (Å²) in [6.45, 7) is 0. The first-order valence-electron chi connectivity index (χ1n) is 6.91. The van der Waals surface area contributed by atoms with E-state index in [4.69, 9.17) is 5.73 Å². The van der Waals surface area contributed by atoms with E-state index in [-0.39, 0.29) is 11.5 Å². The quantitative estimate of drug-likeness (QED) is 0.680. The van der Waals surface area contributed by atoms with Gasteiger partial charge in [0.15, 0.2) is 0 Å². The van der Waals surface area contributed by atoms with Crippen LogP contribution in [0.5, 0.6) is 0 Å². The first kappa shape index (κ1) is 15.3. The number of pyridine rings is 1. The Labute approximate surface area is 135 Å². The zero-order chi connectivity index (χ0) is 17.1. The number of nitrogens with two attached hydrogens (primary N) is 1. The van der Waals surface area contributed by atoms with Gasteiger partial charge in [-0.05, 0) is 18.2 Å². The van der Waals surface area contributed by atoms with Crippen molar-refractivity contribution in [3.05, 3.63) is 66.0 Å². The number of nitrogens with zero attached hydrogens (tertiary/aromatic N) is 2. The Morgan fingerprint density at radius 1 is 1.12 bits per heavy atom. The molecule has 2 aromatic heterocycles. The fourth-order valence-corrected chi connectivity index (χ4v) is 2.14. The second kappa shape index (κ2) is 6.29. The molecule has 0 aliphatic carbocycles. The molecule has 0 radical (unpaired) electrons. The number of hydrogen-bond donors (Lipinski definition) is 3. The van der Waals surface area contributed by atoms with E-state index in [2.05, 4.69) is 20.3 Å². The van der Waals surface area contributed by atoms with Crippen LogP contribution in [0, 0.1) is 5.82 Å². The van der Waals surface area contributed by atoms with Crippen molar-refractivity contribution in [2.24, 2.45) is 5.73 Å². The number of primary amides is 1. The minimum absolute atomic E-state index is 0.118. The minimum atomic E-state index is -0.624. The Hall–Kier alpha value is -3.55. The molecule has 0 atom stereocenters. The van der Waals surface area contributed by atoms with E-state index in [0.29, 0.717) is 16.8 Å². The molecule has 7 nitrogen and oxygen atoms in total. The van der Waals surface area contributed by atoms with Gasteiger partial charge in [0, 0.05) is 23.4 Å². The molecule has 3 rings (SSSR count). The highest BCUT2D eigenvalue weighted by molar-refractivity contribution is 6.04. The van der Waals surface area contributed by atoms with Crippen molar-refractivity contribution in [3.63, 3.8) is 0 Å². The molecule has 0 fully saturated rings. The lowest BCUT2D eigenvalue weighted by atomic mass is 10.1. The van der Waals surface area contributed by atoms with Gasteiger partial charge in [-0.3, -0.25) is 9.59 Å². The molecule has 4 N–H and O–H groups in total. The number of benzene rings is 1. The number of anilines is 1. The molecule has 2 heterocycles. The van der Waals surface area contributed by atoms with Crippen LogP contribution in [-0.2, 0) is 0 Å². The molecule has 3 aromatic rings. The summed E-state index contributed by atoms with van der Waals surface area (Å²) in [6, 6.07) is 8.69. The van der Waals surface area contributed by atoms with Gasteiger partial charge in [-0.2, -0.15) is 0 Å². The summed E-state index contributed by atoms with van der Waals surface area (Å²) in [5.41, 5.74) is 6.83. The number of aromatic amines is 1. The molecule has 0 aliphatic heterocycles. The predicted octanol–water partition coefficient (Wildman–Crippen LogP) is 1.96. The van der Waals surface area contributed by atoms with Crippen LogP contribution in [0.3, 0.4) is 0 Å². The van der Waals surface area contributed by atoms with Gasteiger partial charge >= 0.3 is 0 Å². The van der Waals surface area contributed by atoms with Crippen LogP contribution >= 0.6 is 0 Å². The Balaban J connectivity index is 1.80. The van der Waals surface area contributed by atoms with E-state index in [1.165, 1.54) is 18.6 Å². The van der Waals surface area contributed by atoms with Crippen molar-refractivity contribution in [3.8, 4) is 11.3 Å². The molecule has 1 aromatic carbocycles. The average molecular weight is 325 g/mol. The zero-order valence-corrected chi connectivity index (χ0v) is 12.3. The number of carbonyl (C=O) groups is 2. The predicted molar refractivity (Wildman–Crippen MR) is 84.7 cm³/mol. The highest BCUT2D eigenvalue weighted by atomic mass is 19.1. The lowest BCUT2D eigenvalue weighted by Crippen LogP contribution is -2.13. The van der Waals surface area contributed by atoms with Crippen molar-refractivity contribution in [1.29, 1.82) is 0 Å². The molecule has 0 saturated carbocycles. The zero-order valence-electron chi connectivity index (χ0n) is 12.3. The minimum Gasteiger partial charge on any atom is -0.364 e. The summed E-state index contributed by atoms with van der Waals surface area (Å²) in [4.78, 5) is 34.0. The van der Waals surface area contributed by atoms with E-state index < -0.39 is 17.6 Å². The molecule has 0 spiro atoms. The van der Waals surface area contributed by atoms with Gasteiger partial charge in [0.05, 0.1) is 6.33 Å². The number of aromatic nitrogens is 3. The van der Waals surface area contributed by atoms with Crippen LogP contribution in [0.1, 0.15) is 20.8 Å². The maximum absolute atomic E-state index is 13.1. The highest BCUT2D eigenvalue weighted by Gasteiger charge is 2.14. The summed E-state index contributed by atoms with van der Waals surface area (Å²) in [6.07, 6.45) is 2.63.